The van der Waals surface area contributed by atoms with E-state index >= 15 is 0 Å². The molecule has 0 atom stereocenters. The van der Waals surface area contributed by atoms with Gasteiger partial charge in [-0.25, -0.2) is 4.79 Å². The van der Waals surface area contributed by atoms with Crippen molar-refractivity contribution in [3.8, 4) is 0 Å². The Morgan fingerprint density at radius 3 is 3.06 bits per heavy atom. The molecule has 0 radical (unpaired) electrons. The Morgan fingerprint density at radius 1 is 1.56 bits per heavy atom. The first-order valence-corrected chi connectivity index (χ1v) is 4.94. The lowest BCUT2D eigenvalue weighted by Gasteiger charge is -2.11. The van der Waals surface area contributed by atoms with Crippen LogP contribution in [0.25, 0.3) is 0 Å². The molecule has 2 rings (SSSR count). The highest BCUT2D eigenvalue weighted by Gasteiger charge is 2.18. The summed E-state index contributed by atoms with van der Waals surface area (Å²) in [5.41, 5.74) is 2.59. The molecular formula is C11H12N2O3. The summed E-state index contributed by atoms with van der Waals surface area (Å²) in [6.45, 7) is 0.695. The van der Waals surface area contributed by atoms with E-state index in [1.807, 2.05) is 6.07 Å². The molecule has 5 nitrogen and oxygen atoms in total. The van der Waals surface area contributed by atoms with Crippen LogP contribution in [0.2, 0.25) is 0 Å². The van der Waals surface area contributed by atoms with Crippen LogP contribution < -0.4 is 10.2 Å². The van der Waals surface area contributed by atoms with Crippen LogP contribution >= 0.6 is 0 Å². The second-order valence-corrected chi connectivity index (χ2v) is 3.51. The van der Waals surface area contributed by atoms with Gasteiger partial charge in [0.05, 0.1) is 7.11 Å². The zero-order valence-electron chi connectivity index (χ0n) is 8.90. The van der Waals surface area contributed by atoms with Gasteiger partial charge in [0.25, 0.3) is 0 Å². The smallest absolute Gasteiger partial charge is 0.411 e. The molecule has 0 saturated carbocycles. The van der Waals surface area contributed by atoms with E-state index in [0.29, 0.717) is 12.2 Å². The lowest BCUT2D eigenvalue weighted by Crippen LogP contribution is -2.17. The maximum absolute atomic E-state index is 11.0. The van der Waals surface area contributed by atoms with Crippen molar-refractivity contribution in [3.63, 3.8) is 0 Å². The summed E-state index contributed by atoms with van der Waals surface area (Å²) in [6, 6.07) is 5.47. The number of hydrogen-bond acceptors (Lipinski definition) is 3. The van der Waals surface area contributed by atoms with E-state index in [1.54, 1.807) is 17.0 Å². The summed E-state index contributed by atoms with van der Waals surface area (Å²) in [5.74, 6) is 0. The van der Waals surface area contributed by atoms with Crippen LogP contribution in [0.3, 0.4) is 0 Å². The Kier molecular flexibility index (Phi) is 2.76. The molecule has 1 aliphatic heterocycles. The predicted molar refractivity (Wildman–Crippen MR) is 59.6 cm³/mol. The van der Waals surface area contributed by atoms with Gasteiger partial charge < -0.3 is 9.64 Å². The number of benzene rings is 1. The number of nitrogens with one attached hydrogen (secondary N) is 1. The van der Waals surface area contributed by atoms with Crippen LogP contribution in [0, 0.1) is 0 Å². The second-order valence-electron chi connectivity index (χ2n) is 3.51. The van der Waals surface area contributed by atoms with E-state index in [0.717, 1.165) is 24.1 Å². The van der Waals surface area contributed by atoms with Gasteiger partial charge in [-0.1, -0.05) is 6.07 Å². The first-order chi connectivity index (χ1) is 7.74. The monoisotopic (exact) mass is 220 g/mol. The Balaban J connectivity index is 2.24. The molecule has 1 heterocycles. The molecule has 1 aromatic rings. The summed E-state index contributed by atoms with van der Waals surface area (Å²) in [5, 5.41) is 2.56. The Hall–Kier alpha value is -2.04. The number of carbonyl (C=O) groups excluding carboxylic acids is 2. The SMILES string of the molecule is COC(=O)Nc1ccc2c(c1)N(C=O)CC2. The lowest BCUT2D eigenvalue weighted by atomic mass is 10.1. The third kappa shape index (κ3) is 1.84. The number of nitrogens with zero attached hydrogens (tertiary/aromatic N) is 1. The van der Waals surface area contributed by atoms with Gasteiger partial charge in [0.15, 0.2) is 0 Å². The normalized spacial score (nSPS) is 13.2. The first kappa shape index (κ1) is 10.5. The Bertz CT molecular complexity index is 431. The maximum Gasteiger partial charge on any atom is 0.411 e. The molecular weight excluding hydrogens is 208 g/mol. The van der Waals surface area contributed by atoms with Crippen LogP contribution in [0.1, 0.15) is 5.56 Å². The van der Waals surface area contributed by atoms with E-state index in [9.17, 15) is 9.59 Å². The number of rotatable bonds is 2. The number of carbonyl (C=O) groups is 2. The van der Waals surface area contributed by atoms with Crippen LogP contribution in [0.5, 0.6) is 0 Å². The fourth-order valence-corrected chi connectivity index (χ4v) is 1.76. The van der Waals surface area contributed by atoms with E-state index in [4.69, 9.17) is 0 Å². The van der Waals surface area contributed by atoms with Crippen molar-refractivity contribution in [1.29, 1.82) is 0 Å². The van der Waals surface area contributed by atoms with E-state index in [-0.39, 0.29) is 0 Å². The largest absolute Gasteiger partial charge is 0.453 e. The van der Waals surface area contributed by atoms with E-state index in [2.05, 4.69) is 10.1 Å². The number of hydrogen-bond donors (Lipinski definition) is 1. The van der Waals surface area contributed by atoms with Gasteiger partial charge >= 0.3 is 6.09 Å². The second kappa shape index (κ2) is 4.22. The van der Waals surface area contributed by atoms with Gasteiger partial charge in [-0.05, 0) is 24.1 Å². The molecule has 16 heavy (non-hydrogen) atoms. The van der Waals surface area contributed by atoms with Gasteiger partial charge in [0, 0.05) is 17.9 Å². The molecule has 0 fully saturated rings. The Morgan fingerprint density at radius 2 is 2.38 bits per heavy atom. The molecule has 1 N–H and O–H groups in total. The molecule has 84 valence electrons. The minimum Gasteiger partial charge on any atom is -0.453 e. The van der Waals surface area contributed by atoms with Crippen molar-refractivity contribution < 1.29 is 14.3 Å². The molecule has 0 unspecified atom stereocenters. The third-order valence-corrected chi connectivity index (χ3v) is 2.58. The van der Waals surface area contributed by atoms with Gasteiger partial charge in [0.1, 0.15) is 0 Å². The van der Waals surface area contributed by atoms with Crippen molar-refractivity contribution in [3.05, 3.63) is 23.8 Å². The molecule has 1 aliphatic rings. The number of amides is 2. The van der Waals surface area contributed by atoms with Crippen molar-refractivity contribution in [2.24, 2.45) is 0 Å². The molecule has 2 amide bonds. The fourth-order valence-electron chi connectivity index (χ4n) is 1.76. The zero-order chi connectivity index (χ0) is 11.5. The summed E-state index contributed by atoms with van der Waals surface area (Å²) in [7, 11) is 1.31. The molecule has 1 aromatic carbocycles. The average Bonchev–Trinajstić information content (AvgIpc) is 2.71. The zero-order valence-corrected chi connectivity index (χ0v) is 8.90. The van der Waals surface area contributed by atoms with Gasteiger partial charge in [-0.2, -0.15) is 0 Å². The third-order valence-electron chi connectivity index (χ3n) is 2.58. The van der Waals surface area contributed by atoms with Gasteiger partial charge in [-0.15, -0.1) is 0 Å². The maximum atomic E-state index is 11.0. The summed E-state index contributed by atoms with van der Waals surface area (Å²) in [6.07, 6.45) is 1.14. The highest BCUT2D eigenvalue weighted by molar-refractivity contribution is 5.88. The number of methoxy groups -OCH3 is 1. The van der Waals surface area contributed by atoms with Crippen molar-refractivity contribution in [2.75, 3.05) is 23.9 Å². The topological polar surface area (TPSA) is 58.6 Å². The Labute approximate surface area is 93.0 Å². The summed E-state index contributed by atoms with van der Waals surface area (Å²) >= 11 is 0. The molecule has 0 saturated heterocycles. The quantitative estimate of drug-likeness (QED) is 0.766. The van der Waals surface area contributed by atoms with Crippen LogP contribution in [-0.4, -0.2) is 26.2 Å². The standard InChI is InChI=1S/C11H12N2O3/c1-16-11(15)12-9-3-2-8-4-5-13(7-14)10(8)6-9/h2-3,6-7H,4-5H2,1H3,(H,12,15). The van der Waals surface area contributed by atoms with Gasteiger partial charge in [-0.3, -0.25) is 10.1 Å². The molecule has 0 spiro atoms. The number of fused-ring (bicyclic) bond motifs is 1. The molecule has 5 heteroatoms. The minimum atomic E-state index is -0.518. The van der Waals surface area contributed by atoms with E-state index < -0.39 is 6.09 Å². The van der Waals surface area contributed by atoms with Crippen molar-refractivity contribution in [1.82, 2.24) is 0 Å². The highest BCUT2D eigenvalue weighted by Crippen LogP contribution is 2.29. The summed E-state index contributed by atoms with van der Waals surface area (Å²) in [4.78, 5) is 23.4. The van der Waals surface area contributed by atoms with Crippen LogP contribution in [0.4, 0.5) is 16.2 Å². The lowest BCUT2D eigenvalue weighted by molar-refractivity contribution is -0.107. The molecule has 0 aliphatic carbocycles. The van der Waals surface area contributed by atoms with E-state index in [1.165, 1.54) is 7.11 Å². The fraction of sp³-hybridized carbons (Fsp3) is 0.273. The van der Waals surface area contributed by atoms with Crippen molar-refractivity contribution >= 4 is 23.9 Å². The predicted octanol–water partition coefficient (Wildman–Crippen LogP) is 1.38. The van der Waals surface area contributed by atoms with Crippen LogP contribution in [0.15, 0.2) is 18.2 Å². The number of anilines is 2. The van der Waals surface area contributed by atoms with Gasteiger partial charge in [0.2, 0.25) is 6.41 Å². The van der Waals surface area contributed by atoms with Crippen molar-refractivity contribution in [2.45, 2.75) is 6.42 Å². The highest BCUT2D eigenvalue weighted by atomic mass is 16.5. The van der Waals surface area contributed by atoms with Crippen LogP contribution in [-0.2, 0) is 16.0 Å². The minimum absolute atomic E-state index is 0.518. The molecule has 0 aromatic heterocycles. The number of ether oxygens (including phenoxy) is 1. The first-order valence-electron chi connectivity index (χ1n) is 4.94. The summed E-state index contributed by atoms with van der Waals surface area (Å²) < 4.78 is 4.49. The molecule has 0 bridgehead atoms. The average molecular weight is 220 g/mol.